The topological polar surface area (TPSA) is 152 Å². The Morgan fingerprint density at radius 2 is 1.02 bits per heavy atom. The van der Waals surface area contributed by atoms with Gasteiger partial charge in [-0.1, -0.05) is 148 Å². The average molecular weight is 743 g/mol. The third-order valence-electron chi connectivity index (χ3n) is 9.90. The Kier molecular flexibility index (Phi) is 31.7. The summed E-state index contributed by atoms with van der Waals surface area (Å²) in [6.45, 7) is 3.40. The molecule has 0 saturated carbocycles. The van der Waals surface area contributed by atoms with Gasteiger partial charge in [-0.15, -0.1) is 0 Å². The van der Waals surface area contributed by atoms with Crippen molar-refractivity contribution in [2.75, 3.05) is 19.8 Å². The highest BCUT2D eigenvalue weighted by molar-refractivity contribution is 5.70. The normalized spacial score (nSPS) is 21.1. The van der Waals surface area contributed by atoms with Crippen molar-refractivity contribution in [3.8, 4) is 0 Å². The van der Waals surface area contributed by atoms with E-state index in [0.717, 1.165) is 44.9 Å². The van der Waals surface area contributed by atoms with Crippen LogP contribution < -0.4 is 0 Å². The highest BCUT2D eigenvalue weighted by Gasteiger charge is 2.44. The fourth-order valence-corrected chi connectivity index (χ4v) is 6.48. The molecular formula is C42H78O10. The Morgan fingerprint density at radius 1 is 0.577 bits per heavy atom. The van der Waals surface area contributed by atoms with Crippen molar-refractivity contribution in [1.82, 2.24) is 0 Å². The molecule has 10 nitrogen and oxygen atoms in total. The van der Waals surface area contributed by atoms with Gasteiger partial charge >= 0.3 is 11.9 Å². The first-order chi connectivity index (χ1) is 25.3. The van der Waals surface area contributed by atoms with Gasteiger partial charge in [0.1, 0.15) is 31.0 Å². The van der Waals surface area contributed by atoms with Gasteiger partial charge in [0.25, 0.3) is 0 Å². The first-order valence-electron chi connectivity index (χ1n) is 21.3. The number of hydrogen-bond donors (Lipinski definition) is 4. The third kappa shape index (κ3) is 25.5. The number of allylic oxidation sites excluding steroid dienone is 2. The molecule has 0 aromatic heterocycles. The maximum atomic E-state index is 12.7. The van der Waals surface area contributed by atoms with E-state index < -0.39 is 49.4 Å². The van der Waals surface area contributed by atoms with E-state index in [4.69, 9.17) is 18.9 Å². The number of aliphatic hydroxyl groups is 4. The lowest BCUT2D eigenvalue weighted by Gasteiger charge is -2.39. The van der Waals surface area contributed by atoms with Crippen LogP contribution in [0.3, 0.4) is 0 Å². The van der Waals surface area contributed by atoms with Gasteiger partial charge in [0, 0.05) is 12.8 Å². The number of ether oxygens (including phenoxy) is 4. The van der Waals surface area contributed by atoms with Gasteiger partial charge < -0.3 is 39.4 Å². The van der Waals surface area contributed by atoms with Crippen molar-refractivity contribution in [1.29, 1.82) is 0 Å². The zero-order valence-corrected chi connectivity index (χ0v) is 33.1. The van der Waals surface area contributed by atoms with Gasteiger partial charge in [-0.3, -0.25) is 9.59 Å². The molecule has 306 valence electrons. The average Bonchev–Trinajstić information content (AvgIpc) is 3.14. The summed E-state index contributed by atoms with van der Waals surface area (Å²) in [5.74, 6) is -0.805. The van der Waals surface area contributed by atoms with Gasteiger partial charge in [0.15, 0.2) is 12.4 Å². The number of aliphatic hydroxyl groups excluding tert-OH is 4. The van der Waals surface area contributed by atoms with Crippen molar-refractivity contribution >= 4 is 11.9 Å². The van der Waals surface area contributed by atoms with Gasteiger partial charge in [-0.2, -0.15) is 0 Å². The molecule has 10 heteroatoms. The largest absolute Gasteiger partial charge is 0.462 e. The molecule has 0 aliphatic carbocycles. The van der Waals surface area contributed by atoms with Crippen LogP contribution in [-0.4, -0.2) is 89.0 Å². The van der Waals surface area contributed by atoms with Crippen LogP contribution in [-0.2, 0) is 28.5 Å². The number of carbonyl (C=O) groups is 2. The van der Waals surface area contributed by atoms with E-state index in [-0.39, 0.29) is 32.0 Å². The molecule has 1 aliphatic heterocycles. The van der Waals surface area contributed by atoms with Crippen molar-refractivity contribution in [2.24, 2.45) is 0 Å². The first-order valence-corrected chi connectivity index (χ1v) is 21.3. The minimum atomic E-state index is -1.59. The van der Waals surface area contributed by atoms with Crippen molar-refractivity contribution < 1.29 is 49.0 Å². The zero-order valence-electron chi connectivity index (χ0n) is 33.1. The van der Waals surface area contributed by atoms with Crippen LogP contribution in [0.4, 0.5) is 0 Å². The van der Waals surface area contributed by atoms with E-state index in [1.54, 1.807) is 0 Å². The van der Waals surface area contributed by atoms with E-state index in [9.17, 15) is 30.0 Å². The molecule has 1 heterocycles. The molecule has 1 aliphatic rings. The second kappa shape index (κ2) is 34.0. The number of hydrogen-bond acceptors (Lipinski definition) is 10. The molecule has 0 aromatic carbocycles. The van der Waals surface area contributed by atoms with Crippen LogP contribution in [0.5, 0.6) is 0 Å². The zero-order chi connectivity index (χ0) is 38.1. The van der Waals surface area contributed by atoms with E-state index in [1.165, 1.54) is 109 Å². The fraction of sp³-hybridized carbons (Fsp3) is 0.905. The van der Waals surface area contributed by atoms with Crippen LogP contribution >= 0.6 is 0 Å². The summed E-state index contributed by atoms with van der Waals surface area (Å²) in [5.41, 5.74) is 0. The molecule has 0 radical (unpaired) electrons. The predicted octanol–water partition coefficient (Wildman–Crippen LogP) is 8.39. The minimum Gasteiger partial charge on any atom is -0.462 e. The first kappa shape index (κ1) is 48.5. The quantitative estimate of drug-likeness (QED) is 0.0283. The Balaban J connectivity index is 2.35. The van der Waals surface area contributed by atoms with Crippen LogP contribution in [0.15, 0.2) is 12.2 Å². The molecular weight excluding hydrogens is 664 g/mol. The smallest absolute Gasteiger partial charge is 0.306 e. The Hall–Kier alpha value is -1.56. The highest BCUT2D eigenvalue weighted by atomic mass is 16.7. The summed E-state index contributed by atoms with van der Waals surface area (Å²) in [5, 5.41) is 40.0. The van der Waals surface area contributed by atoms with E-state index in [0.29, 0.717) is 6.42 Å². The maximum Gasteiger partial charge on any atom is 0.306 e. The van der Waals surface area contributed by atoms with E-state index in [1.807, 2.05) is 0 Å². The number of unbranched alkanes of at least 4 members (excludes halogenated alkanes) is 22. The molecule has 0 spiro atoms. The third-order valence-corrected chi connectivity index (χ3v) is 9.90. The lowest BCUT2D eigenvalue weighted by Crippen LogP contribution is -2.59. The number of rotatable bonds is 35. The van der Waals surface area contributed by atoms with Crippen LogP contribution in [0.1, 0.15) is 187 Å². The standard InChI is InChI=1S/C42H78O10/c1-3-5-7-9-11-13-15-17-18-19-21-23-25-27-29-31-38(45)51-35(34-50-42-41(48)40(47)39(46)36(32-43)52-42)33-49-37(44)30-28-26-24-22-20-16-14-12-10-8-6-4-2/h13,15,35-36,39-43,46-48H,3-12,14,16-34H2,1-2H3/b15-13+/t35-,36-,39+,40?,41?,42-/m1/s1. The van der Waals surface area contributed by atoms with Crippen LogP contribution in [0.25, 0.3) is 0 Å². The van der Waals surface area contributed by atoms with Gasteiger partial charge in [0.05, 0.1) is 13.2 Å². The molecule has 0 aromatic rings. The molecule has 4 N–H and O–H groups in total. The predicted molar refractivity (Wildman–Crippen MR) is 206 cm³/mol. The minimum absolute atomic E-state index is 0.214. The summed E-state index contributed by atoms with van der Waals surface area (Å²) in [6.07, 6.45) is 26.4. The van der Waals surface area contributed by atoms with Gasteiger partial charge in [-0.25, -0.2) is 0 Å². The summed E-state index contributed by atoms with van der Waals surface area (Å²) in [4.78, 5) is 25.2. The fourth-order valence-electron chi connectivity index (χ4n) is 6.48. The summed E-state index contributed by atoms with van der Waals surface area (Å²) >= 11 is 0. The monoisotopic (exact) mass is 743 g/mol. The number of carbonyl (C=O) groups excluding carboxylic acids is 2. The van der Waals surface area contributed by atoms with Crippen molar-refractivity contribution in [3.05, 3.63) is 12.2 Å². The molecule has 52 heavy (non-hydrogen) atoms. The Bertz CT molecular complexity index is 866. The lowest BCUT2D eigenvalue weighted by molar-refractivity contribution is -0.305. The second-order valence-electron chi connectivity index (χ2n) is 14.8. The Labute approximate surface area is 316 Å². The molecule has 1 fully saturated rings. The van der Waals surface area contributed by atoms with E-state index in [2.05, 4.69) is 26.0 Å². The molecule has 0 bridgehead atoms. The summed E-state index contributed by atoms with van der Waals surface area (Å²) in [7, 11) is 0. The number of esters is 2. The second-order valence-corrected chi connectivity index (χ2v) is 14.8. The molecule has 2 unspecified atom stereocenters. The summed E-state index contributed by atoms with van der Waals surface area (Å²) < 4.78 is 22.1. The molecule has 0 amide bonds. The van der Waals surface area contributed by atoms with Crippen molar-refractivity contribution in [2.45, 2.75) is 224 Å². The van der Waals surface area contributed by atoms with E-state index >= 15 is 0 Å². The molecule has 6 atom stereocenters. The molecule has 1 saturated heterocycles. The summed E-state index contributed by atoms with van der Waals surface area (Å²) in [6, 6.07) is 0. The van der Waals surface area contributed by atoms with Gasteiger partial charge in [0.2, 0.25) is 0 Å². The van der Waals surface area contributed by atoms with Crippen LogP contribution in [0, 0.1) is 0 Å². The van der Waals surface area contributed by atoms with Gasteiger partial charge in [-0.05, 0) is 38.5 Å². The molecule has 1 rings (SSSR count). The maximum absolute atomic E-state index is 12.7. The Morgan fingerprint density at radius 3 is 1.52 bits per heavy atom. The van der Waals surface area contributed by atoms with Crippen molar-refractivity contribution in [3.63, 3.8) is 0 Å². The lowest BCUT2D eigenvalue weighted by atomic mass is 9.99. The highest BCUT2D eigenvalue weighted by Crippen LogP contribution is 2.22. The SMILES string of the molecule is CCCCCC/C=C/CCCCCCCCCC(=O)O[C@H](COC(=O)CCCCCCCCCCCCCC)CO[C@@H]1O[C@H](CO)[C@H](O)C(O)C1O. The van der Waals surface area contributed by atoms with Crippen LogP contribution in [0.2, 0.25) is 0 Å².